The summed E-state index contributed by atoms with van der Waals surface area (Å²) < 4.78 is 5.09. The predicted molar refractivity (Wildman–Crippen MR) is 110 cm³/mol. The molecule has 146 valence electrons. The molecule has 2 amide bonds. The van der Waals surface area contributed by atoms with Crippen LogP contribution in [0.1, 0.15) is 6.42 Å². The van der Waals surface area contributed by atoms with Crippen LogP contribution in [-0.2, 0) is 9.59 Å². The second kappa shape index (κ2) is 9.38. The van der Waals surface area contributed by atoms with Crippen LogP contribution in [0.3, 0.4) is 0 Å². The Morgan fingerprint density at radius 3 is 2.57 bits per heavy atom. The van der Waals surface area contributed by atoms with E-state index in [0.717, 1.165) is 0 Å². The van der Waals surface area contributed by atoms with Crippen LogP contribution in [0.15, 0.2) is 59.6 Å². The predicted octanol–water partition coefficient (Wildman–Crippen LogP) is 2.65. The van der Waals surface area contributed by atoms with Gasteiger partial charge in [-0.25, -0.2) is 4.99 Å². The first kappa shape index (κ1) is 19.9. The zero-order valence-corrected chi connectivity index (χ0v) is 16.2. The summed E-state index contributed by atoms with van der Waals surface area (Å²) in [6.07, 6.45) is 0.0191. The van der Waals surface area contributed by atoms with Crippen molar-refractivity contribution in [2.45, 2.75) is 11.7 Å². The number of benzene rings is 2. The van der Waals surface area contributed by atoms with E-state index in [1.165, 1.54) is 16.7 Å². The number of para-hydroxylation sites is 1. The van der Waals surface area contributed by atoms with Crippen LogP contribution in [0.4, 0.5) is 11.4 Å². The number of carbonyl (C=O) groups excluding carboxylic acids is 2. The summed E-state index contributed by atoms with van der Waals surface area (Å²) in [4.78, 5) is 31.0. The standard InChI is InChI=1S/C20H21N3O4S/c1-27-16-9-7-15(8-10-16)21-18(25)13-17-19(26)23(11-12-24)20(28-17)22-14-5-3-2-4-6-14/h2-10,17,24H,11-13H2,1H3,(H,21,25). The Bertz CT molecular complexity index is 856. The van der Waals surface area contributed by atoms with Crippen LogP contribution in [0.5, 0.6) is 5.75 Å². The van der Waals surface area contributed by atoms with Crippen molar-refractivity contribution >= 4 is 40.1 Å². The number of anilines is 1. The molecule has 0 bridgehead atoms. The monoisotopic (exact) mass is 399 g/mol. The second-order valence-corrected chi connectivity index (χ2v) is 7.20. The summed E-state index contributed by atoms with van der Waals surface area (Å²) in [5.74, 6) is 0.209. The van der Waals surface area contributed by atoms with E-state index >= 15 is 0 Å². The number of hydrogen-bond donors (Lipinski definition) is 2. The van der Waals surface area contributed by atoms with E-state index in [1.807, 2.05) is 30.3 Å². The van der Waals surface area contributed by atoms with E-state index in [9.17, 15) is 14.7 Å². The molecule has 0 spiro atoms. The number of aliphatic imine (C=N–C) groups is 1. The molecule has 28 heavy (non-hydrogen) atoms. The lowest BCUT2D eigenvalue weighted by Crippen LogP contribution is -2.35. The van der Waals surface area contributed by atoms with Crippen molar-refractivity contribution in [1.29, 1.82) is 0 Å². The first-order valence-electron chi connectivity index (χ1n) is 8.77. The molecule has 7 nitrogen and oxygen atoms in total. The molecule has 2 N–H and O–H groups in total. The van der Waals surface area contributed by atoms with Gasteiger partial charge in [0.05, 0.1) is 25.9 Å². The molecule has 8 heteroatoms. The fourth-order valence-electron chi connectivity index (χ4n) is 2.70. The lowest BCUT2D eigenvalue weighted by Gasteiger charge is -2.14. The summed E-state index contributed by atoms with van der Waals surface area (Å²) in [5, 5.41) is 12.0. The molecule has 1 fully saturated rings. The van der Waals surface area contributed by atoms with Gasteiger partial charge in [-0.05, 0) is 36.4 Å². The van der Waals surface area contributed by atoms with E-state index < -0.39 is 5.25 Å². The molecule has 0 aliphatic carbocycles. The van der Waals surface area contributed by atoms with E-state index in [0.29, 0.717) is 22.3 Å². The largest absolute Gasteiger partial charge is 0.497 e. The van der Waals surface area contributed by atoms with E-state index in [2.05, 4.69) is 10.3 Å². The number of nitrogens with zero attached hydrogens (tertiary/aromatic N) is 2. The molecule has 0 saturated carbocycles. The molecule has 3 rings (SSSR count). The van der Waals surface area contributed by atoms with Crippen molar-refractivity contribution in [3.05, 3.63) is 54.6 Å². The Balaban J connectivity index is 1.68. The van der Waals surface area contributed by atoms with Gasteiger partial charge in [0.15, 0.2) is 5.17 Å². The quantitative estimate of drug-likeness (QED) is 0.747. The number of aliphatic hydroxyl groups is 1. The third-order valence-electron chi connectivity index (χ3n) is 4.07. The molecule has 0 aromatic heterocycles. The number of aliphatic hydroxyl groups excluding tert-OH is 1. The van der Waals surface area contributed by atoms with Gasteiger partial charge in [-0.3, -0.25) is 14.5 Å². The number of rotatable bonds is 7. The van der Waals surface area contributed by atoms with E-state index in [4.69, 9.17) is 4.74 Å². The Hall–Kier alpha value is -2.84. The molecule has 1 atom stereocenters. The average molecular weight is 399 g/mol. The van der Waals surface area contributed by atoms with Crippen molar-refractivity contribution in [3.8, 4) is 5.75 Å². The van der Waals surface area contributed by atoms with Crippen molar-refractivity contribution in [2.24, 2.45) is 4.99 Å². The van der Waals surface area contributed by atoms with Crippen LogP contribution in [0.25, 0.3) is 0 Å². The summed E-state index contributed by atoms with van der Waals surface area (Å²) >= 11 is 1.24. The number of amidine groups is 1. The number of thioether (sulfide) groups is 1. The highest BCUT2D eigenvalue weighted by Crippen LogP contribution is 2.31. The van der Waals surface area contributed by atoms with E-state index in [1.54, 1.807) is 31.4 Å². The smallest absolute Gasteiger partial charge is 0.242 e. The van der Waals surface area contributed by atoms with Crippen LogP contribution >= 0.6 is 11.8 Å². The molecule has 1 aliphatic heterocycles. The van der Waals surface area contributed by atoms with Crippen LogP contribution < -0.4 is 10.1 Å². The number of β-amino-alcohol motifs (C(OH)–C–C–N with tert-alkyl or cyclic N) is 1. The molecule has 1 aliphatic rings. The topological polar surface area (TPSA) is 91.2 Å². The maximum Gasteiger partial charge on any atom is 0.242 e. The Morgan fingerprint density at radius 1 is 1.21 bits per heavy atom. The molecule has 1 unspecified atom stereocenters. The molecular formula is C20H21N3O4S. The van der Waals surface area contributed by atoms with Gasteiger partial charge in [0, 0.05) is 12.1 Å². The molecule has 0 radical (unpaired) electrons. The SMILES string of the molecule is COc1ccc(NC(=O)CC2SC(=Nc3ccccc3)N(CCO)C2=O)cc1. The number of methoxy groups -OCH3 is 1. The van der Waals surface area contributed by atoms with Gasteiger partial charge >= 0.3 is 0 Å². The number of nitrogens with one attached hydrogen (secondary N) is 1. The lowest BCUT2D eigenvalue weighted by atomic mass is 10.2. The Kier molecular flexibility index (Phi) is 6.67. The maximum absolute atomic E-state index is 12.7. The van der Waals surface area contributed by atoms with Crippen molar-refractivity contribution in [1.82, 2.24) is 4.90 Å². The Morgan fingerprint density at radius 2 is 1.93 bits per heavy atom. The van der Waals surface area contributed by atoms with E-state index in [-0.39, 0.29) is 31.4 Å². The van der Waals surface area contributed by atoms with Gasteiger partial charge in [0.1, 0.15) is 11.0 Å². The fraction of sp³-hybridized carbons (Fsp3) is 0.250. The summed E-state index contributed by atoms with van der Waals surface area (Å²) in [5.41, 5.74) is 1.34. The molecule has 2 aromatic rings. The number of carbonyl (C=O) groups is 2. The second-order valence-electron chi connectivity index (χ2n) is 6.03. The zero-order valence-electron chi connectivity index (χ0n) is 15.4. The normalized spacial score (nSPS) is 17.8. The van der Waals surface area contributed by atoms with Crippen LogP contribution in [0, 0.1) is 0 Å². The summed E-state index contributed by atoms with van der Waals surface area (Å²) in [6, 6.07) is 16.2. The van der Waals surface area contributed by atoms with Crippen molar-refractivity contribution in [3.63, 3.8) is 0 Å². The average Bonchev–Trinajstić information content (AvgIpc) is 2.98. The number of amides is 2. The maximum atomic E-state index is 12.7. The molecular weight excluding hydrogens is 378 g/mol. The summed E-state index contributed by atoms with van der Waals surface area (Å²) in [6.45, 7) is -0.0288. The number of hydrogen-bond acceptors (Lipinski definition) is 6. The molecule has 1 saturated heterocycles. The van der Waals surface area contributed by atoms with Crippen molar-refractivity contribution < 1.29 is 19.4 Å². The number of ether oxygens (including phenoxy) is 1. The Labute approximate surface area is 167 Å². The minimum atomic E-state index is -0.577. The first-order valence-corrected chi connectivity index (χ1v) is 9.65. The molecule has 2 aromatic carbocycles. The van der Waals surface area contributed by atoms with Gasteiger partial charge < -0.3 is 15.2 Å². The van der Waals surface area contributed by atoms with Crippen LogP contribution in [-0.4, -0.2) is 52.5 Å². The van der Waals surface area contributed by atoms with Gasteiger partial charge in [-0.1, -0.05) is 30.0 Å². The zero-order chi connectivity index (χ0) is 19.9. The fourth-order valence-corrected chi connectivity index (χ4v) is 3.88. The lowest BCUT2D eigenvalue weighted by molar-refractivity contribution is -0.128. The van der Waals surface area contributed by atoms with Gasteiger partial charge in [0.25, 0.3) is 0 Å². The molecule has 1 heterocycles. The summed E-state index contributed by atoms with van der Waals surface area (Å²) in [7, 11) is 1.57. The minimum absolute atomic E-state index is 0.0191. The van der Waals surface area contributed by atoms with Crippen molar-refractivity contribution in [2.75, 3.05) is 25.6 Å². The third-order valence-corrected chi connectivity index (χ3v) is 5.24. The van der Waals surface area contributed by atoms with Gasteiger partial charge in [-0.2, -0.15) is 0 Å². The first-order chi connectivity index (χ1) is 13.6. The van der Waals surface area contributed by atoms with Gasteiger partial charge in [-0.15, -0.1) is 0 Å². The highest BCUT2D eigenvalue weighted by Gasteiger charge is 2.38. The minimum Gasteiger partial charge on any atom is -0.497 e. The third kappa shape index (κ3) is 4.90. The van der Waals surface area contributed by atoms with Crippen LogP contribution in [0.2, 0.25) is 0 Å². The van der Waals surface area contributed by atoms with Gasteiger partial charge in [0.2, 0.25) is 11.8 Å². The highest BCUT2D eigenvalue weighted by molar-refractivity contribution is 8.15. The highest BCUT2D eigenvalue weighted by atomic mass is 32.2.